The average molecular weight is 409 g/mol. The third kappa shape index (κ3) is 3.31. The monoisotopic (exact) mass is 409 g/mol. The van der Waals surface area contributed by atoms with E-state index in [9.17, 15) is 9.50 Å². The number of hydrogen-bond donors (Lipinski definition) is 2. The Morgan fingerprint density at radius 1 is 1.20 bits per heavy atom. The van der Waals surface area contributed by atoms with Crippen molar-refractivity contribution in [3.05, 3.63) is 42.3 Å². The predicted molar refractivity (Wildman–Crippen MR) is 111 cm³/mol. The number of alkyl halides is 1. The smallest absolute Gasteiger partial charge is 0.226 e. The Balaban J connectivity index is 1.36. The molecule has 2 fully saturated rings. The Morgan fingerprint density at radius 2 is 2.07 bits per heavy atom. The van der Waals surface area contributed by atoms with Gasteiger partial charge < -0.3 is 19.7 Å². The molecule has 30 heavy (non-hydrogen) atoms. The topological polar surface area (TPSA) is 87.3 Å². The van der Waals surface area contributed by atoms with Crippen LogP contribution in [0.25, 0.3) is 22.7 Å². The zero-order chi connectivity index (χ0) is 20.8. The molecule has 7 nitrogen and oxygen atoms in total. The minimum absolute atomic E-state index is 0.0636. The molecule has 0 spiro atoms. The molecule has 2 saturated heterocycles. The average Bonchev–Trinajstić information content (AvgIpc) is 3.37. The number of nitrogens with zero attached hydrogens (tertiary/aromatic N) is 4. The van der Waals surface area contributed by atoms with Gasteiger partial charge in [-0.1, -0.05) is 0 Å². The number of aromatic nitrogens is 3. The van der Waals surface area contributed by atoms with Gasteiger partial charge in [0.25, 0.3) is 0 Å². The first-order valence-corrected chi connectivity index (χ1v) is 10.2. The summed E-state index contributed by atoms with van der Waals surface area (Å²) in [4.78, 5) is 6.07. The maximum Gasteiger partial charge on any atom is 0.226 e. The number of benzene rings is 1. The second kappa shape index (κ2) is 7.36. The number of halogens is 1. The number of aryl methyl sites for hydroxylation is 1. The molecular formula is C22H24FN5O2. The third-order valence-electron chi connectivity index (χ3n) is 6.21. The molecule has 2 aromatic heterocycles. The maximum absolute atomic E-state index is 14.9. The molecule has 156 valence electrons. The lowest BCUT2D eigenvalue weighted by atomic mass is 9.96. The van der Waals surface area contributed by atoms with Crippen LogP contribution in [0.4, 0.5) is 10.2 Å². The van der Waals surface area contributed by atoms with Crippen LogP contribution < -0.4 is 10.2 Å². The SMILES string of the molecule is Cc1cnc(-c2ccc(-c3ccc(N(C)[C@H]4CC5CCC(N5)[C@H]4F)nn3)c(O)c2)o1. The van der Waals surface area contributed by atoms with Gasteiger partial charge in [-0.25, -0.2) is 9.37 Å². The Bertz CT molecular complexity index is 1050. The van der Waals surface area contributed by atoms with Crippen molar-refractivity contribution in [3.63, 3.8) is 0 Å². The zero-order valence-electron chi connectivity index (χ0n) is 16.9. The first-order valence-electron chi connectivity index (χ1n) is 10.2. The van der Waals surface area contributed by atoms with E-state index in [1.165, 1.54) is 0 Å². The first kappa shape index (κ1) is 19.0. The summed E-state index contributed by atoms with van der Waals surface area (Å²) in [5.74, 6) is 1.85. The Kier molecular flexibility index (Phi) is 4.66. The van der Waals surface area contributed by atoms with Gasteiger partial charge in [-0.05, 0) is 56.5 Å². The van der Waals surface area contributed by atoms with E-state index in [4.69, 9.17) is 4.42 Å². The summed E-state index contributed by atoms with van der Waals surface area (Å²) in [5.41, 5.74) is 1.79. The summed E-state index contributed by atoms with van der Waals surface area (Å²) in [6, 6.07) is 8.91. The summed E-state index contributed by atoms with van der Waals surface area (Å²) in [6.45, 7) is 1.82. The molecule has 4 heterocycles. The summed E-state index contributed by atoms with van der Waals surface area (Å²) < 4.78 is 20.4. The fourth-order valence-electron chi connectivity index (χ4n) is 4.54. The number of piperidine rings is 1. The van der Waals surface area contributed by atoms with E-state index in [-0.39, 0.29) is 17.8 Å². The van der Waals surface area contributed by atoms with Gasteiger partial charge >= 0.3 is 0 Å². The van der Waals surface area contributed by atoms with E-state index >= 15 is 0 Å². The van der Waals surface area contributed by atoms with Crippen molar-refractivity contribution in [1.82, 2.24) is 20.5 Å². The maximum atomic E-state index is 14.9. The second-order valence-corrected chi connectivity index (χ2v) is 8.19. The van der Waals surface area contributed by atoms with Gasteiger partial charge in [0.05, 0.1) is 17.9 Å². The number of fused-ring (bicyclic) bond motifs is 2. The molecule has 0 amide bonds. The van der Waals surface area contributed by atoms with Gasteiger partial charge in [0.15, 0.2) is 5.82 Å². The normalized spacial score (nSPS) is 25.4. The summed E-state index contributed by atoms with van der Waals surface area (Å²) in [6.07, 6.45) is 3.40. The van der Waals surface area contributed by atoms with Crippen LogP contribution in [0.3, 0.4) is 0 Å². The molecule has 5 rings (SSSR count). The number of oxazole rings is 1. The van der Waals surface area contributed by atoms with Crippen LogP contribution in [0.5, 0.6) is 5.75 Å². The molecule has 4 atom stereocenters. The zero-order valence-corrected chi connectivity index (χ0v) is 16.9. The van der Waals surface area contributed by atoms with Crippen molar-refractivity contribution in [3.8, 4) is 28.5 Å². The van der Waals surface area contributed by atoms with E-state index < -0.39 is 6.17 Å². The van der Waals surface area contributed by atoms with Crippen molar-refractivity contribution in [1.29, 1.82) is 0 Å². The number of phenolic OH excluding ortho intramolecular Hbond substituents is 1. The molecule has 2 aliphatic rings. The van der Waals surface area contributed by atoms with Crippen LogP contribution >= 0.6 is 0 Å². The van der Waals surface area contributed by atoms with Gasteiger partial charge in [0, 0.05) is 30.3 Å². The van der Waals surface area contributed by atoms with Crippen LogP contribution in [0.1, 0.15) is 25.0 Å². The van der Waals surface area contributed by atoms with E-state index in [2.05, 4.69) is 20.5 Å². The molecule has 1 aromatic carbocycles. The molecule has 2 unspecified atom stereocenters. The Labute approximate surface area is 174 Å². The lowest BCUT2D eigenvalue weighted by Crippen LogP contribution is -2.55. The third-order valence-corrected chi connectivity index (χ3v) is 6.21. The highest BCUT2D eigenvalue weighted by Crippen LogP contribution is 2.35. The molecule has 0 saturated carbocycles. The molecule has 2 N–H and O–H groups in total. The van der Waals surface area contributed by atoms with Crippen LogP contribution in [0, 0.1) is 6.92 Å². The minimum Gasteiger partial charge on any atom is -0.507 e. The van der Waals surface area contributed by atoms with E-state index in [1.54, 1.807) is 24.4 Å². The molecular weight excluding hydrogens is 385 g/mol. The van der Waals surface area contributed by atoms with Crippen molar-refractivity contribution >= 4 is 5.82 Å². The predicted octanol–water partition coefficient (Wildman–Crippen LogP) is 3.48. The van der Waals surface area contributed by atoms with Crippen molar-refractivity contribution in [2.75, 3.05) is 11.9 Å². The largest absolute Gasteiger partial charge is 0.507 e. The molecule has 2 bridgehead atoms. The minimum atomic E-state index is -0.925. The number of anilines is 1. The summed E-state index contributed by atoms with van der Waals surface area (Å²) >= 11 is 0. The highest BCUT2D eigenvalue weighted by molar-refractivity contribution is 5.71. The number of aromatic hydroxyl groups is 1. The summed E-state index contributed by atoms with van der Waals surface area (Å²) in [5, 5.41) is 22.4. The van der Waals surface area contributed by atoms with Crippen molar-refractivity contribution in [2.45, 2.75) is 50.5 Å². The van der Waals surface area contributed by atoms with Crippen LogP contribution in [-0.4, -0.2) is 51.6 Å². The van der Waals surface area contributed by atoms with E-state index in [0.717, 1.165) is 19.3 Å². The quantitative estimate of drug-likeness (QED) is 0.682. The second-order valence-electron chi connectivity index (χ2n) is 8.19. The Morgan fingerprint density at radius 3 is 2.77 bits per heavy atom. The fraction of sp³-hybridized carbons (Fsp3) is 0.409. The fourth-order valence-corrected chi connectivity index (χ4v) is 4.54. The summed E-state index contributed by atoms with van der Waals surface area (Å²) in [7, 11) is 1.87. The van der Waals surface area contributed by atoms with Gasteiger partial charge in [-0.2, -0.15) is 0 Å². The van der Waals surface area contributed by atoms with Crippen molar-refractivity contribution < 1.29 is 13.9 Å². The van der Waals surface area contributed by atoms with Gasteiger partial charge in [-0.3, -0.25) is 0 Å². The number of rotatable bonds is 4. The highest BCUT2D eigenvalue weighted by Gasteiger charge is 2.43. The van der Waals surface area contributed by atoms with Gasteiger partial charge in [-0.15, -0.1) is 10.2 Å². The van der Waals surface area contributed by atoms with Gasteiger partial charge in [0.1, 0.15) is 17.7 Å². The lowest BCUT2D eigenvalue weighted by Gasteiger charge is -2.38. The molecule has 0 aliphatic carbocycles. The van der Waals surface area contributed by atoms with Crippen LogP contribution in [0.2, 0.25) is 0 Å². The molecule has 2 aliphatic heterocycles. The highest BCUT2D eigenvalue weighted by atomic mass is 19.1. The molecule has 3 aromatic rings. The molecule has 0 radical (unpaired) electrons. The van der Waals surface area contributed by atoms with Crippen LogP contribution in [-0.2, 0) is 0 Å². The lowest BCUT2D eigenvalue weighted by molar-refractivity contribution is 0.176. The molecule has 8 heteroatoms. The van der Waals surface area contributed by atoms with E-state index in [1.807, 2.05) is 31.0 Å². The van der Waals surface area contributed by atoms with Gasteiger partial charge in [0.2, 0.25) is 5.89 Å². The van der Waals surface area contributed by atoms with Crippen LogP contribution in [0.15, 0.2) is 40.9 Å². The van der Waals surface area contributed by atoms with Crippen molar-refractivity contribution in [2.24, 2.45) is 0 Å². The number of hydrogen-bond acceptors (Lipinski definition) is 7. The Hall–Kier alpha value is -3.00. The number of nitrogens with one attached hydrogen (secondary N) is 1. The standard InChI is InChI=1S/C22H24FN5O2/c1-12-11-24-22(30-12)13-3-5-15(19(29)9-13)16-7-8-20(27-26-16)28(2)18-10-14-4-6-17(25-14)21(18)23/h3,5,7-9,11,14,17-18,21,25,29H,4,6,10H2,1-2H3/t14?,17?,18-,21+/m0/s1. The number of phenols is 1. The first-order chi connectivity index (χ1) is 14.5. The van der Waals surface area contributed by atoms with E-state index in [0.29, 0.717) is 40.3 Å².